The van der Waals surface area contributed by atoms with Crippen LogP contribution < -0.4 is 0 Å². The maximum atomic E-state index is 13.7. The number of sulfonamides is 1. The van der Waals surface area contributed by atoms with E-state index < -0.39 is 42.5 Å². The molecule has 0 N–H and O–H groups in total. The molecular weight excluding hydrogens is 402 g/mol. The highest BCUT2D eigenvalue weighted by atomic mass is 32.2. The number of rotatable bonds is 5. The van der Waals surface area contributed by atoms with E-state index >= 15 is 0 Å². The van der Waals surface area contributed by atoms with Crippen LogP contribution in [0.15, 0.2) is 29.7 Å². The Morgan fingerprint density at radius 3 is 2.41 bits per heavy atom. The van der Waals surface area contributed by atoms with E-state index in [1.54, 1.807) is 0 Å². The zero-order valence-corrected chi connectivity index (χ0v) is 16.0. The molecule has 12 heteroatoms. The van der Waals surface area contributed by atoms with Gasteiger partial charge < -0.3 is 4.57 Å². The van der Waals surface area contributed by atoms with Gasteiger partial charge in [0.05, 0.1) is 11.0 Å². The molecule has 148 valence electrons. The van der Waals surface area contributed by atoms with E-state index in [-0.39, 0.29) is 36.7 Å². The predicted molar refractivity (Wildman–Crippen MR) is 91.8 cm³/mol. The van der Waals surface area contributed by atoms with Crippen LogP contribution in [-0.4, -0.2) is 54.2 Å². The van der Waals surface area contributed by atoms with E-state index in [1.165, 1.54) is 17.9 Å². The van der Waals surface area contributed by atoms with Crippen LogP contribution in [0.25, 0.3) is 0 Å². The molecule has 1 fully saturated rings. The molecular formula is C15H18F2N4O4S2. The molecule has 0 bridgehead atoms. The second kappa shape index (κ2) is 7.24. The fourth-order valence-corrected chi connectivity index (χ4v) is 6.34. The molecule has 0 unspecified atom stereocenters. The lowest BCUT2D eigenvalue weighted by molar-refractivity contribution is 0.344. The van der Waals surface area contributed by atoms with Crippen LogP contribution in [0, 0.1) is 11.6 Å². The smallest absolute Gasteiger partial charge is 0.249 e. The number of piperidine rings is 1. The molecule has 0 radical (unpaired) electrons. The molecule has 27 heavy (non-hydrogen) atoms. The number of hydrogen-bond acceptors (Lipinski definition) is 6. The van der Waals surface area contributed by atoms with Crippen molar-refractivity contribution in [2.75, 3.05) is 13.1 Å². The lowest BCUT2D eigenvalue weighted by Crippen LogP contribution is -2.43. The minimum Gasteiger partial charge on any atom is -0.308 e. The number of aromatic nitrogens is 3. The zero-order valence-electron chi connectivity index (χ0n) is 14.4. The van der Waals surface area contributed by atoms with Gasteiger partial charge in [-0.3, -0.25) is 0 Å². The Kier molecular flexibility index (Phi) is 5.32. The molecule has 0 saturated carbocycles. The molecule has 0 aliphatic carbocycles. The topological polar surface area (TPSA) is 102 Å². The third-order valence-corrected chi connectivity index (χ3v) is 8.56. The summed E-state index contributed by atoms with van der Waals surface area (Å²) in [5.41, 5.74) is -0.260. The summed E-state index contributed by atoms with van der Waals surface area (Å²) >= 11 is 0. The maximum absolute atomic E-state index is 13.7. The molecule has 1 saturated heterocycles. The summed E-state index contributed by atoms with van der Waals surface area (Å²) in [4.78, 5) is 0. The summed E-state index contributed by atoms with van der Waals surface area (Å²) < 4.78 is 79.7. The molecule has 1 aromatic heterocycles. The van der Waals surface area contributed by atoms with Gasteiger partial charge >= 0.3 is 0 Å². The third-order valence-electron chi connectivity index (χ3n) is 4.50. The van der Waals surface area contributed by atoms with Crippen molar-refractivity contribution in [3.63, 3.8) is 0 Å². The monoisotopic (exact) mass is 420 g/mol. The number of benzene rings is 1. The van der Waals surface area contributed by atoms with Gasteiger partial charge in [0, 0.05) is 25.7 Å². The molecule has 0 spiro atoms. The fraction of sp³-hybridized carbons (Fsp3) is 0.467. The lowest BCUT2D eigenvalue weighted by Gasteiger charge is -2.30. The number of aryl methyl sites for hydroxylation is 1. The summed E-state index contributed by atoms with van der Waals surface area (Å²) in [6, 6.07) is 2.63. The number of halogens is 2. The van der Waals surface area contributed by atoms with Crippen molar-refractivity contribution in [3.05, 3.63) is 41.7 Å². The van der Waals surface area contributed by atoms with Crippen LogP contribution in [0.4, 0.5) is 8.78 Å². The van der Waals surface area contributed by atoms with E-state index in [0.717, 1.165) is 22.5 Å². The fourth-order valence-electron chi connectivity index (χ4n) is 3.04. The average Bonchev–Trinajstić information content (AvgIpc) is 3.05. The minimum atomic E-state index is -3.91. The van der Waals surface area contributed by atoms with Crippen molar-refractivity contribution in [2.24, 2.45) is 7.05 Å². The average molecular weight is 420 g/mol. The first kappa shape index (κ1) is 19.8. The zero-order chi connectivity index (χ0) is 19.8. The van der Waals surface area contributed by atoms with Crippen LogP contribution in [0.3, 0.4) is 0 Å². The summed E-state index contributed by atoms with van der Waals surface area (Å²) in [5.74, 6) is -2.22. The standard InChI is InChI=1S/C15H18F2N4O4S2/c1-20-10-18-19-15(20)27(24,25)13-4-6-21(7-5-13)26(22,23)9-11-8-12(16)2-3-14(11)17/h2-3,8,10,13H,4-7,9H2,1H3. The SMILES string of the molecule is Cn1cnnc1S(=O)(=O)C1CCN(S(=O)(=O)Cc2cc(F)ccc2F)CC1. The van der Waals surface area contributed by atoms with Crippen LogP contribution in [0.5, 0.6) is 0 Å². The Bertz CT molecular complexity index is 1050. The van der Waals surface area contributed by atoms with E-state index in [1.807, 2.05) is 0 Å². The Labute approximate surface area is 155 Å². The van der Waals surface area contributed by atoms with Gasteiger partial charge in [0.15, 0.2) is 0 Å². The van der Waals surface area contributed by atoms with Crippen molar-refractivity contribution in [2.45, 2.75) is 29.0 Å². The Hall–Kier alpha value is -1.92. The summed E-state index contributed by atoms with van der Waals surface area (Å²) in [6.45, 7) is -0.0535. The molecule has 1 aliphatic rings. The Balaban J connectivity index is 1.71. The number of sulfone groups is 1. The Morgan fingerprint density at radius 2 is 1.81 bits per heavy atom. The van der Waals surface area contributed by atoms with Crippen LogP contribution >= 0.6 is 0 Å². The molecule has 1 aromatic carbocycles. The highest BCUT2D eigenvalue weighted by Crippen LogP contribution is 2.26. The summed E-state index contributed by atoms with van der Waals surface area (Å²) in [6.07, 6.45) is 1.44. The van der Waals surface area contributed by atoms with Gasteiger partial charge in [-0.15, -0.1) is 10.2 Å². The first-order chi connectivity index (χ1) is 12.6. The highest BCUT2D eigenvalue weighted by molar-refractivity contribution is 7.92. The number of nitrogens with zero attached hydrogens (tertiary/aromatic N) is 4. The Morgan fingerprint density at radius 1 is 1.15 bits per heavy atom. The quantitative estimate of drug-likeness (QED) is 0.711. The van der Waals surface area contributed by atoms with Gasteiger partial charge in [-0.25, -0.2) is 29.9 Å². The minimum absolute atomic E-state index is 0.0268. The van der Waals surface area contributed by atoms with Crippen molar-refractivity contribution >= 4 is 19.9 Å². The van der Waals surface area contributed by atoms with Crippen molar-refractivity contribution < 1.29 is 25.6 Å². The molecule has 0 amide bonds. The molecule has 2 heterocycles. The molecule has 2 aromatic rings. The van der Waals surface area contributed by atoms with Crippen LogP contribution in [0.1, 0.15) is 18.4 Å². The van der Waals surface area contributed by atoms with E-state index in [9.17, 15) is 25.6 Å². The van der Waals surface area contributed by atoms with Crippen molar-refractivity contribution in [3.8, 4) is 0 Å². The molecule has 0 atom stereocenters. The summed E-state index contributed by atoms with van der Waals surface area (Å²) in [7, 11) is -6.13. The normalized spacial score (nSPS) is 17.3. The second-order valence-corrected chi connectivity index (χ2v) is 10.5. The van der Waals surface area contributed by atoms with Gasteiger partial charge in [0.1, 0.15) is 18.0 Å². The predicted octanol–water partition coefficient (Wildman–Crippen LogP) is 0.861. The summed E-state index contributed by atoms with van der Waals surface area (Å²) in [5, 5.41) is 6.24. The van der Waals surface area contributed by atoms with Gasteiger partial charge in [-0.1, -0.05) is 0 Å². The molecule has 8 nitrogen and oxygen atoms in total. The van der Waals surface area contributed by atoms with E-state index in [2.05, 4.69) is 10.2 Å². The molecule has 1 aliphatic heterocycles. The van der Waals surface area contributed by atoms with Gasteiger partial charge in [0.25, 0.3) is 0 Å². The van der Waals surface area contributed by atoms with Crippen molar-refractivity contribution in [1.29, 1.82) is 0 Å². The van der Waals surface area contributed by atoms with Gasteiger partial charge in [-0.2, -0.15) is 0 Å². The van der Waals surface area contributed by atoms with Crippen molar-refractivity contribution in [1.82, 2.24) is 19.1 Å². The van der Waals surface area contributed by atoms with Gasteiger partial charge in [0.2, 0.25) is 25.0 Å². The lowest BCUT2D eigenvalue weighted by atomic mass is 10.2. The first-order valence-corrected chi connectivity index (χ1v) is 11.3. The molecule has 3 rings (SSSR count). The van der Waals surface area contributed by atoms with E-state index in [4.69, 9.17) is 0 Å². The van der Waals surface area contributed by atoms with Crippen LogP contribution in [-0.2, 0) is 32.7 Å². The largest absolute Gasteiger partial charge is 0.308 e. The maximum Gasteiger partial charge on any atom is 0.249 e. The third kappa shape index (κ3) is 4.01. The number of hydrogen-bond donors (Lipinski definition) is 0. The highest BCUT2D eigenvalue weighted by Gasteiger charge is 2.37. The second-order valence-electron chi connectivity index (χ2n) is 6.36. The first-order valence-electron chi connectivity index (χ1n) is 8.11. The van der Waals surface area contributed by atoms with E-state index in [0.29, 0.717) is 0 Å². The van der Waals surface area contributed by atoms with Gasteiger partial charge in [-0.05, 0) is 31.0 Å². The van der Waals surface area contributed by atoms with Crippen LogP contribution in [0.2, 0.25) is 0 Å².